The topological polar surface area (TPSA) is 23.5 Å². The van der Waals surface area contributed by atoms with Crippen molar-refractivity contribution in [3.05, 3.63) is 12.7 Å². The van der Waals surface area contributed by atoms with E-state index in [2.05, 4.69) is 25.3 Å². The summed E-state index contributed by atoms with van der Waals surface area (Å²) in [5.74, 6) is 0. The van der Waals surface area contributed by atoms with Gasteiger partial charge in [0.1, 0.15) is 0 Å². The number of likely N-dealkylation sites (tertiary alicyclic amines) is 1. The molecule has 2 heteroatoms. The predicted octanol–water partition coefficient (Wildman–Crippen LogP) is 4.14. The van der Waals surface area contributed by atoms with Crippen LogP contribution in [0, 0.1) is 0 Å². The van der Waals surface area contributed by atoms with Crippen molar-refractivity contribution in [2.45, 2.75) is 83.3 Å². The summed E-state index contributed by atoms with van der Waals surface area (Å²) < 4.78 is 0. The zero-order valence-corrected chi connectivity index (χ0v) is 13.0. The van der Waals surface area contributed by atoms with Crippen LogP contribution in [0.15, 0.2) is 12.7 Å². The first kappa shape index (κ1) is 16.7. The van der Waals surface area contributed by atoms with Crippen molar-refractivity contribution in [2.75, 3.05) is 13.1 Å². The highest BCUT2D eigenvalue weighted by molar-refractivity contribution is 4.93. The van der Waals surface area contributed by atoms with Gasteiger partial charge in [-0.2, -0.15) is 0 Å². The molecule has 2 unspecified atom stereocenters. The van der Waals surface area contributed by atoms with Crippen LogP contribution in [0.1, 0.15) is 71.6 Å². The molecule has 1 saturated heterocycles. The highest BCUT2D eigenvalue weighted by Crippen LogP contribution is 2.29. The molecule has 1 aliphatic heterocycles. The lowest BCUT2D eigenvalue weighted by atomic mass is 9.85. The minimum Gasteiger partial charge on any atom is -0.391 e. The van der Waals surface area contributed by atoms with Gasteiger partial charge in [-0.1, -0.05) is 32.3 Å². The van der Waals surface area contributed by atoms with Crippen molar-refractivity contribution < 1.29 is 5.11 Å². The highest BCUT2D eigenvalue weighted by atomic mass is 16.3. The van der Waals surface area contributed by atoms with Crippen molar-refractivity contribution in [1.82, 2.24) is 4.90 Å². The molecule has 1 N–H and O–H groups in total. The number of unbranched alkanes of at least 4 members (excludes halogenated alkanes) is 3. The van der Waals surface area contributed by atoms with E-state index < -0.39 is 0 Å². The average molecular weight is 267 g/mol. The lowest BCUT2D eigenvalue weighted by molar-refractivity contribution is -0.0379. The fourth-order valence-electron chi connectivity index (χ4n) is 3.19. The first-order valence-corrected chi connectivity index (χ1v) is 8.19. The minimum absolute atomic E-state index is 0.0150. The zero-order valence-electron chi connectivity index (χ0n) is 13.0. The van der Waals surface area contributed by atoms with Gasteiger partial charge in [0, 0.05) is 5.54 Å². The number of allylic oxidation sites excluding steroid dienone is 1. The number of aliphatic hydroxyl groups is 1. The molecule has 112 valence electrons. The summed E-state index contributed by atoms with van der Waals surface area (Å²) in [5, 5.41) is 10.6. The molecule has 2 nitrogen and oxygen atoms in total. The molecule has 0 aromatic rings. The smallest absolute Gasteiger partial charge is 0.0721 e. The molecular formula is C17H33NO. The molecule has 1 aliphatic rings. The number of rotatable bonds is 9. The quantitative estimate of drug-likeness (QED) is 0.501. The Labute approximate surface area is 119 Å². The van der Waals surface area contributed by atoms with Gasteiger partial charge in [0.25, 0.3) is 0 Å². The maximum absolute atomic E-state index is 10.6. The third kappa shape index (κ3) is 4.92. The van der Waals surface area contributed by atoms with E-state index in [0.29, 0.717) is 0 Å². The van der Waals surface area contributed by atoms with Gasteiger partial charge < -0.3 is 5.11 Å². The predicted molar refractivity (Wildman–Crippen MR) is 83.4 cm³/mol. The fraction of sp³-hybridized carbons (Fsp3) is 0.882. The summed E-state index contributed by atoms with van der Waals surface area (Å²) in [6, 6.07) is 0. The molecule has 1 rings (SSSR count). The lowest BCUT2D eigenvalue weighted by Gasteiger charge is -2.46. The van der Waals surface area contributed by atoms with Gasteiger partial charge in [-0.05, 0) is 58.5 Å². The second-order valence-corrected chi connectivity index (χ2v) is 6.20. The normalized spacial score (nSPS) is 21.8. The Hall–Kier alpha value is -0.340. The van der Waals surface area contributed by atoms with Crippen LogP contribution in [0.3, 0.4) is 0 Å². The van der Waals surface area contributed by atoms with Crippen LogP contribution in [-0.2, 0) is 0 Å². The zero-order chi connectivity index (χ0) is 14.1. The van der Waals surface area contributed by atoms with Crippen LogP contribution in [-0.4, -0.2) is 34.7 Å². The van der Waals surface area contributed by atoms with Gasteiger partial charge in [0.2, 0.25) is 0 Å². The summed E-state index contributed by atoms with van der Waals surface area (Å²) in [6.07, 6.45) is 12.4. The van der Waals surface area contributed by atoms with Crippen molar-refractivity contribution in [2.24, 2.45) is 0 Å². The van der Waals surface area contributed by atoms with Crippen LogP contribution >= 0.6 is 0 Å². The summed E-state index contributed by atoms with van der Waals surface area (Å²) in [7, 11) is 0. The summed E-state index contributed by atoms with van der Waals surface area (Å²) in [4.78, 5) is 2.53. The van der Waals surface area contributed by atoms with Crippen molar-refractivity contribution in [3.8, 4) is 0 Å². The van der Waals surface area contributed by atoms with Gasteiger partial charge in [-0.3, -0.25) is 4.90 Å². The van der Waals surface area contributed by atoms with E-state index in [-0.39, 0.29) is 11.6 Å². The van der Waals surface area contributed by atoms with E-state index in [4.69, 9.17) is 0 Å². The number of piperidine rings is 1. The average Bonchev–Trinajstić information content (AvgIpc) is 2.46. The first-order chi connectivity index (χ1) is 9.15. The first-order valence-electron chi connectivity index (χ1n) is 8.19. The summed E-state index contributed by atoms with van der Waals surface area (Å²) >= 11 is 0. The van der Waals surface area contributed by atoms with Gasteiger partial charge in [-0.15, -0.1) is 6.58 Å². The standard InChI is InChI=1S/C17H33NO/c1-4-6-7-8-10-13-16(19)17(3,5-2)18-14-11-9-12-15-18/h4,16,19H,1,5-15H2,2-3H3. The van der Waals surface area contributed by atoms with E-state index in [0.717, 1.165) is 38.8 Å². The minimum atomic E-state index is -0.181. The summed E-state index contributed by atoms with van der Waals surface area (Å²) in [5.41, 5.74) is -0.0150. The SMILES string of the molecule is C=CCCCCCC(O)C(C)(CC)N1CCCCC1. The Morgan fingerprint density at radius 3 is 2.47 bits per heavy atom. The Morgan fingerprint density at radius 1 is 1.21 bits per heavy atom. The van der Waals surface area contributed by atoms with Crippen LogP contribution in [0.2, 0.25) is 0 Å². The monoisotopic (exact) mass is 267 g/mol. The maximum atomic E-state index is 10.6. The Morgan fingerprint density at radius 2 is 1.89 bits per heavy atom. The van der Waals surface area contributed by atoms with E-state index >= 15 is 0 Å². The second-order valence-electron chi connectivity index (χ2n) is 6.20. The van der Waals surface area contributed by atoms with E-state index in [1.54, 1.807) is 0 Å². The molecule has 0 aliphatic carbocycles. The van der Waals surface area contributed by atoms with Gasteiger partial charge >= 0.3 is 0 Å². The van der Waals surface area contributed by atoms with Gasteiger partial charge in [0.15, 0.2) is 0 Å². The van der Waals surface area contributed by atoms with Crippen molar-refractivity contribution in [1.29, 1.82) is 0 Å². The molecule has 0 spiro atoms. The molecule has 0 amide bonds. The number of nitrogens with zero attached hydrogens (tertiary/aromatic N) is 1. The number of hydrogen-bond acceptors (Lipinski definition) is 2. The maximum Gasteiger partial charge on any atom is 0.0721 e. The number of aliphatic hydroxyl groups excluding tert-OH is 1. The van der Waals surface area contributed by atoms with Crippen LogP contribution in [0.25, 0.3) is 0 Å². The van der Waals surface area contributed by atoms with Crippen LogP contribution < -0.4 is 0 Å². The van der Waals surface area contributed by atoms with Crippen molar-refractivity contribution in [3.63, 3.8) is 0 Å². The van der Waals surface area contributed by atoms with E-state index in [1.807, 2.05) is 6.08 Å². The molecule has 0 bridgehead atoms. The fourth-order valence-corrected chi connectivity index (χ4v) is 3.19. The molecule has 19 heavy (non-hydrogen) atoms. The molecule has 1 heterocycles. The third-order valence-corrected chi connectivity index (χ3v) is 4.90. The Kier molecular flexibility index (Phi) is 7.70. The molecule has 0 aromatic carbocycles. The highest BCUT2D eigenvalue weighted by Gasteiger charge is 2.37. The molecular weight excluding hydrogens is 234 g/mol. The Balaban J connectivity index is 2.40. The van der Waals surface area contributed by atoms with Gasteiger partial charge in [-0.25, -0.2) is 0 Å². The number of hydrogen-bond donors (Lipinski definition) is 1. The molecule has 0 radical (unpaired) electrons. The van der Waals surface area contributed by atoms with Gasteiger partial charge in [0.05, 0.1) is 6.10 Å². The largest absolute Gasteiger partial charge is 0.391 e. The molecule has 2 atom stereocenters. The Bertz CT molecular complexity index is 248. The van der Waals surface area contributed by atoms with E-state index in [9.17, 15) is 5.11 Å². The molecule has 1 fully saturated rings. The third-order valence-electron chi connectivity index (χ3n) is 4.90. The van der Waals surface area contributed by atoms with Crippen LogP contribution in [0.5, 0.6) is 0 Å². The molecule has 0 aromatic heterocycles. The van der Waals surface area contributed by atoms with E-state index in [1.165, 1.54) is 32.1 Å². The molecule has 0 saturated carbocycles. The van der Waals surface area contributed by atoms with Crippen molar-refractivity contribution >= 4 is 0 Å². The lowest BCUT2D eigenvalue weighted by Crippen LogP contribution is -2.55. The summed E-state index contributed by atoms with van der Waals surface area (Å²) in [6.45, 7) is 10.6. The second kappa shape index (κ2) is 8.76. The van der Waals surface area contributed by atoms with Crippen LogP contribution in [0.4, 0.5) is 0 Å².